The number of nitrogens with zero attached hydrogens (tertiary/aromatic N) is 1. The molecule has 1 aromatic heterocycles. The quantitative estimate of drug-likeness (QED) is 0.723. The van der Waals surface area contributed by atoms with E-state index in [9.17, 15) is 14.7 Å². The van der Waals surface area contributed by atoms with Gasteiger partial charge in [0.2, 0.25) is 0 Å². The summed E-state index contributed by atoms with van der Waals surface area (Å²) in [6, 6.07) is 4.57. The van der Waals surface area contributed by atoms with Crippen LogP contribution in [0.5, 0.6) is 0 Å². The molecule has 1 fully saturated rings. The number of fused-ring (bicyclic) bond motifs is 1. The molecule has 3 N–H and O–H groups in total. The molecule has 0 amide bonds. The molecule has 2 heterocycles. The fourth-order valence-electron chi connectivity index (χ4n) is 2.56. The zero-order valence-electron chi connectivity index (χ0n) is 10.8. The molecule has 1 saturated heterocycles. The molecule has 2 aromatic rings. The maximum absolute atomic E-state index is 12.1. The molecule has 3 atom stereocenters. The van der Waals surface area contributed by atoms with Crippen LogP contribution in [0.1, 0.15) is 12.6 Å². The van der Waals surface area contributed by atoms with Crippen LogP contribution in [0, 0.1) is 0 Å². The summed E-state index contributed by atoms with van der Waals surface area (Å²) >= 11 is 5.87. The number of halogens is 1. The summed E-state index contributed by atoms with van der Waals surface area (Å²) in [5, 5.41) is 19.5. The van der Waals surface area contributed by atoms with Crippen molar-refractivity contribution in [2.45, 2.75) is 24.9 Å². The number of aliphatic hydroxyl groups excluding tert-OH is 2. The minimum Gasteiger partial charge on any atom is -0.394 e. The first-order chi connectivity index (χ1) is 10.0. The van der Waals surface area contributed by atoms with E-state index < -0.39 is 29.7 Å². The van der Waals surface area contributed by atoms with Crippen molar-refractivity contribution in [3.8, 4) is 0 Å². The second kappa shape index (κ2) is 5.27. The second-order valence-electron chi connectivity index (χ2n) is 4.91. The van der Waals surface area contributed by atoms with Gasteiger partial charge in [0.25, 0.3) is 5.56 Å². The lowest BCUT2D eigenvalue weighted by Crippen LogP contribution is -2.33. The summed E-state index contributed by atoms with van der Waals surface area (Å²) < 4.78 is 6.73. The Balaban J connectivity index is 2.19. The largest absolute Gasteiger partial charge is 0.394 e. The Kier molecular flexibility index (Phi) is 3.58. The Morgan fingerprint density at radius 3 is 2.86 bits per heavy atom. The zero-order valence-corrected chi connectivity index (χ0v) is 11.6. The molecule has 8 heteroatoms. The zero-order chi connectivity index (χ0) is 15.1. The Bertz CT molecular complexity index is 799. The molecule has 0 saturated carbocycles. The van der Waals surface area contributed by atoms with Crippen molar-refractivity contribution in [2.75, 3.05) is 6.61 Å². The molecule has 112 valence electrons. The van der Waals surface area contributed by atoms with Crippen molar-refractivity contribution < 1.29 is 14.9 Å². The van der Waals surface area contributed by atoms with Gasteiger partial charge in [-0.1, -0.05) is 11.6 Å². The Labute approximate surface area is 123 Å². The number of hydrogen-bond donors (Lipinski definition) is 3. The second-order valence-corrected chi connectivity index (χ2v) is 5.34. The highest BCUT2D eigenvalue weighted by molar-refractivity contribution is 6.31. The maximum Gasteiger partial charge on any atom is 0.330 e. The summed E-state index contributed by atoms with van der Waals surface area (Å²) in [7, 11) is 0. The third-order valence-corrected chi connectivity index (χ3v) is 3.81. The molecule has 0 unspecified atom stereocenters. The van der Waals surface area contributed by atoms with E-state index in [-0.39, 0.29) is 18.4 Å². The van der Waals surface area contributed by atoms with Gasteiger partial charge in [-0.25, -0.2) is 4.79 Å². The highest BCUT2D eigenvalue weighted by atomic mass is 35.5. The van der Waals surface area contributed by atoms with Crippen molar-refractivity contribution in [1.29, 1.82) is 0 Å². The number of aliphatic hydroxyl groups is 2. The predicted molar refractivity (Wildman–Crippen MR) is 75.5 cm³/mol. The first kappa shape index (κ1) is 14.3. The summed E-state index contributed by atoms with van der Waals surface area (Å²) in [6.07, 6.45) is -2.24. The number of aromatic nitrogens is 2. The van der Waals surface area contributed by atoms with Crippen molar-refractivity contribution in [1.82, 2.24) is 9.55 Å². The van der Waals surface area contributed by atoms with Crippen LogP contribution in [-0.2, 0) is 4.74 Å². The molecular formula is C13H13ClN2O5. The first-order valence-electron chi connectivity index (χ1n) is 6.39. The van der Waals surface area contributed by atoms with Gasteiger partial charge in [-0.2, -0.15) is 0 Å². The standard InChI is InChI=1S/C13H13ClN2O5/c14-6-1-2-8-7(3-6)12(19)15-13(20)16(8)11-4-9(18)10(5-17)21-11/h1-3,9-11,17-18H,4-5H2,(H,15,19,20)/t9-,10+,11-/m0/s1. The van der Waals surface area contributed by atoms with E-state index in [0.29, 0.717) is 10.5 Å². The molecule has 0 aliphatic carbocycles. The number of benzene rings is 1. The van der Waals surface area contributed by atoms with Crippen molar-refractivity contribution in [3.05, 3.63) is 44.1 Å². The molecule has 0 radical (unpaired) electrons. The number of nitrogens with one attached hydrogen (secondary N) is 1. The molecule has 7 nitrogen and oxygen atoms in total. The van der Waals surface area contributed by atoms with E-state index in [2.05, 4.69) is 4.98 Å². The van der Waals surface area contributed by atoms with Crippen LogP contribution in [0.15, 0.2) is 27.8 Å². The van der Waals surface area contributed by atoms with E-state index in [1.807, 2.05) is 0 Å². The normalized spacial score (nSPS) is 25.6. The van der Waals surface area contributed by atoms with Crippen LogP contribution in [0.2, 0.25) is 5.02 Å². The van der Waals surface area contributed by atoms with Crippen LogP contribution in [0.25, 0.3) is 10.9 Å². The summed E-state index contributed by atoms with van der Waals surface area (Å²) in [5.41, 5.74) is -0.805. The lowest BCUT2D eigenvalue weighted by molar-refractivity contribution is -0.0443. The van der Waals surface area contributed by atoms with Crippen molar-refractivity contribution in [2.24, 2.45) is 0 Å². The molecule has 1 aromatic carbocycles. The number of ether oxygens (including phenoxy) is 1. The third kappa shape index (κ3) is 2.38. The van der Waals surface area contributed by atoms with E-state index >= 15 is 0 Å². The van der Waals surface area contributed by atoms with E-state index in [4.69, 9.17) is 21.4 Å². The molecule has 1 aliphatic rings. The van der Waals surface area contributed by atoms with E-state index in [0.717, 1.165) is 0 Å². The van der Waals surface area contributed by atoms with Crippen LogP contribution >= 0.6 is 11.6 Å². The topological polar surface area (TPSA) is 105 Å². The van der Waals surface area contributed by atoms with Gasteiger partial charge in [-0.15, -0.1) is 0 Å². The Morgan fingerprint density at radius 1 is 1.43 bits per heavy atom. The van der Waals surface area contributed by atoms with E-state index in [1.165, 1.54) is 10.6 Å². The maximum atomic E-state index is 12.1. The van der Waals surface area contributed by atoms with Crippen molar-refractivity contribution in [3.63, 3.8) is 0 Å². The molecule has 0 bridgehead atoms. The van der Waals surface area contributed by atoms with Crippen LogP contribution < -0.4 is 11.2 Å². The molecule has 3 rings (SSSR count). The van der Waals surface area contributed by atoms with E-state index in [1.54, 1.807) is 12.1 Å². The third-order valence-electron chi connectivity index (χ3n) is 3.57. The summed E-state index contributed by atoms with van der Waals surface area (Å²) in [6.45, 7) is -0.348. The van der Waals surface area contributed by atoms with Gasteiger partial charge in [-0.3, -0.25) is 14.3 Å². The number of H-pyrrole nitrogens is 1. The van der Waals surface area contributed by atoms with Gasteiger partial charge in [0.15, 0.2) is 0 Å². The molecule has 21 heavy (non-hydrogen) atoms. The lowest BCUT2D eigenvalue weighted by Gasteiger charge is -2.16. The van der Waals surface area contributed by atoms with Gasteiger partial charge in [-0.05, 0) is 18.2 Å². The van der Waals surface area contributed by atoms with Gasteiger partial charge in [0, 0.05) is 11.4 Å². The smallest absolute Gasteiger partial charge is 0.330 e. The Hall–Kier alpha value is -1.67. The van der Waals surface area contributed by atoms with Crippen LogP contribution in [0.4, 0.5) is 0 Å². The first-order valence-corrected chi connectivity index (χ1v) is 6.77. The van der Waals surface area contributed by atoms with Gasteiger partial charge >= 0.3 is 5.69 Å². The minimum atomic E-state index is -0.874. The average Bonchev–Trinajstić information content (AvgIpc) is 2.80. The number of aromatic amines is 1. The highest BCUT2D eigenvalue weighted by Gasteiger charge is 2.35. The van der Waals surface area contributed by atoms with Crippen LogP contribution in [0.3, 0.4) is 0 Å². The monoisotopic (exact) mass is 312 g/mol. The predicted octanol–water partition coefficient (Wildman–Crippen LogP) is -0.0161. The summed E-state index contributed by atoms with van der Waals surface area (Å²) in [4.78, 5) is 26.1. The molecule has 1 aliphatic heterocycles. The van der Waals surface area contributed by atoms with Crippen molar-refractivity contribution >= 4 is 22.5 Å². The number of hydrogen-bond acceptors (Lipinski definition) is 5. The highest BCUT2D eigenvalue weighted by Crippen LogP contribution is 2.29. The van der Waals surface area contributed by atoms with Gasteiger partial charge in [0.05, 0.1) is 23.6 Å². The number of rotatable bonds is 2. The Morgan fingerprint density at radius 2 is 2.19 bits per heavy atom. The fourth-order valence-corrected chi connectivity index (χ4v) is 2.73. The summed E-state index contributed by atoms with van der Waals surface area (Å²) in [5.74, 6) is 0. The van der Waals surface area contributed by atoms with Crippen LogP contribution in [-0.4, -0.2) is 38.6 Å². The average molecular weight is 313 g/mol. The van der Waals surface area contributed by atoms with Gasteiger partial charge in [0.1, 0.15) is 12.3 Å². The SMILES string of the molecule is O=c1[nH]c(=O)n([C@@H]2C[C@H](O)[C@@H](CO)O2)c2ccc(Cl)cc12. The van der Waals surface area contributed by atoms with Gasteiger partial charge < -0.3 is 14.9 Å². The molecule has 0 spiro atoms. The minimum absolute atomic E-state index is 0.148. The fraction of sp³-hybridized carbons (Fsp3) is 0.385. The molecular weight excluding hydrogens is 300 g/mol. The lowest BCUT2D eigenvalue weighted by atomic mass is 10.2.